The van der Waals surface area contributed by atoms with Gasteiger partial charge in [0.2, 0.25) is 0 Å². The molecule has 0 aliphatic carbocycles. The molecule has 2 fully saturated rings. The minimum atomic E-state index is -0.484. The first-order valence-electron chi connectivity index (χ1n) is 10.4. The van der Waals surface area contributed by atoms with Gasteiger partial charge in [0.25, 0.3) is 11.6 Å². The van der Waals surface area contributed by atoms with Crippen molar-refractivity contribution in [1.29, 1.82) is 5.26 Å². The number of nitro groups is 1. The Kier molecular flexibility index (Phi) is 6.09. The maximum absolute atomic E-state index is 13.4. The van der Waals surface area contributed by atoms with Crippen LogP contribution < -0.4 is 15.5 Å². The van der Waals surface area contributed by atoms with Crippen LogP contribution >= 0.6 is 0 Å². The third-order valence-electron chi connectivity index (χ3n) is 5.82. The highest BCUT2D eigenvalue weighted by Gasteiger charge is 2.28. The van der Waals surface area contributed by atoms with Gasteiger partial charge >= 0.3 is 0 Å². The molecule has 0 atom stereocenters. The van der Waals surface area contributed by atoms with Crippen LogP contribution in [-0.2, 0) is 4.74 Å². The number of amides is 1. The fourth-order valence-electron chi connectivity index (χ4n) is 4.13. The Hall–Kier alpha value is -3.84. The lowest BCUT2D eigenvalue weighted by Crippen LogP contribution is -2.49. The van der Waals surface area contributed by atoms with Gasteiger partial charge in [-0.3, -0.25) is 14.9 Å². The summed E-state index contributed by atoms with van der Waals surface area (Å²) >= 11 is 0. The summed E-state index contributed by atoms with van der Waals surface area (Å²) in [5.74, 6) is -0.229. The third kappa shape index (κ3) is 4.29. The van der Waals surface area contributed by atoms with Crippen LogP contribution in [0.3, 0.4) is 0 Å². The number of hydrogen-bond acceptors (Lipinski definition) is 8. The first kappa shape index (κ1) is 21.4. The zero-order valence-electron chi connectivity index (χ0n) is 17.6. The van der Waals surface area contributed by atoms with Gasteiger partial charge in [-0.1, -0.05) is 0 Å². The zero-order chi connectivity index (χ0) is 22.7. The van der Waals surface area contributed by atoms with Crippen molar-refractivity contribution in [2.45, 2.75) is 0 Å². The highest BCUT2D eigenvalue weighted by atomic mass is 16.6. The molecule has 2 aliphatic rings. The predicted molar refractivity (Wildman–Crippen MR) is 120 cm³/mol. The number of nitrogens with zero attached hydrogens (tertiary/aromatic N) is 5. The minimum absolute atomic E-state index is 0.107. The molecule has 2 aromatic rings. The van der Waals surface area contributed by atoms with Crippen LogP contribution in [0.2, 0.25) is 0 Å². The Labute approximate surface area is 185 Å². The summed E-state index contributed by atoms with van der Waals surface area (Å²) in [4.78, 5) is 30.0. The van der Waals surface area contributed by atoms with Crippen molar-refractivity contribution in [2.75, 3.05) is 68.0 Å². The molecule has 0 aromatic heterocycles. The summed E-state index contributed by atoms with van der Waals surface area (Å²) in [7, 11) is 0. The Balaban J connectivity index is 1.54. The Bertz CT molecular complexity index is 1070. The number of nitriles is 1. The van der Waals surface area contributed by atoms with Gasteiger partial charge in [0.1, 0.15) is 6.07 Å². The molecule has 2 aliphatic heterocycles. The van der Waals surface area contributed by atoms with Crippen LogP contribution in [0.15, 0.2) is 36.4 Å². The van der Waals surface area contributed by atoms with Crippen molar-refractivity contribution in [3.63, 3.8) is 0 Å². The predicted octanol–water partition coefficient (Wildman–Crippen LogP) is 1.85. The summed E-state index contributed by atoms with van der Waals surface area (Å²) in [6.07, 6.45) is 0. The molecule has 32 heavy (non-hydrogen) atoms. The van der Waals surface area contributed by atoms with Crippen molar-refractivity contribution in [2.24, 2.45) is 0 Å². The van der Waals surface area contributed by atoms with E-state index in [1.54, 1.807) is 23.1 Å². The standard InChI is InChI=1S/C22H24N6O4/c23-15-16-13-17(24)1-3-20(16)25-5-7-27(8-6-25)22(29)19-14-18(28(30)31)2-4-21(19)26-9-11-32-12-10-26/h1-4,13-14H,5-12,24H2. The van der Waals surface area contributed by atoms with E-state index in [0.29, 0.717) is 75.0 Å². The maximum atomic E-state index is 13.4. The van der Waals surface area contributed by atoms with Crippen LogP contribution in [0.4, 0.5) is 22.7 Å². The highest BCUT2D eigenvalue weighted by molar-refractivity contribution is 6.00. The third-order valence-corrected chi connectivity index (χ3v) is 5.82. The molecule has 0 saturated carbocycles. The van der Waals surface area contributed by atoms with Gasteiger partial charge in [0.15, 0.2) is 0 Å². The molecule has 10 heteroatoms. The van der Waals surface area contributed by atoms with E-state index in [-0.39, 0.29) is 11.6 Å². The summed E-state index contributed by atoms with van der Waals surface area (Å²) < 4.78 is 5.40. The van der Waals surface area contributed by atoms with E-state index in [9.17, 15) is 20.2 Å². The second-order valence-electron chi connectivity index (χ2n) is 7.73. The number of carbonyl (C=O) groups excluding carboxylic acids is 1. The number of nitrogens with two attached hydrogens (primary N) is 1. The number of nitrogen functional groups attached to an aromatic ring is 1. The molecule has 1 amide bonds. The van der Waals surface area contributed by atoms with Gasteiger partial charge in [-0.2, -0.15) is 5.26 Å². The van der Waals surface area contributed by atoms with E-state index >= 15 is 0 Å². The number of benzene rings is 2. The quantitative estimate of drug-likeness (QED) is 0.437. The Morgan fingerprint density at radius 3 is 2.31 bits per heavy atom. The van der Waals surface area contributed by atoms with E-state index in [1.807, 2.05) is 11.0 Å². The van der Waals surface area contributed by atoms with Crippen LogP contribution in [0.5, 0.6) is 0 Å². The molecule has 2 N–H and O–H groups in total. The molecule has 10 nitrogen and oxygen atoms in total. The van der Waals surface area contributed by atoms with E-state index < -0.39 is 4.92 Å². The van der Waals surface area contributed by atoms with E-state index in [1.165, 1.54) is 12.1 Å². The molecule has 0 radical (unpaired) electrons. The number of hydrogen-bond donors (Lipinski definition) is 1. The van der Waals surface area contributed by atoms with Gasteiger partial charge < -0.3 is 25.2 Å². The number of anilines is 3. The summed E-state index contributed by atoms with van der Waals surface area (Å²) in [6.45, 7) is 4.33. The topological polar surface area (TPSA) is 129 Å². The van der Waals surface area contributed by atoms with Crippen molar-refractivity contribution in [1.82, 2.24) is 4.90 Å². The van der Waals surface area contributed by atoms with Crippen molar-refractivity contribution >= 4 is 28.7 Å². The molecule has 0 unspecified atom stereocenters. The average molecular weight is 436 g/mol. The van der Waals surface area contributed by atoms with Crippen molar-refractivity contribution in [3.8, 4) is 6.07 Å². The lowest BCUT2D eigenvalue weighted by atomic mass is 10.1. The van der Waals surface area contributed by atoms with Gasteiger partial charge in [0.05, 0.1) is 40.6 Å². The number of non-ortho nitro benzene ring substituents is 1. The first-order valence-corrected chi connectivity index (χ1v) is 10.4. The van der Waals surface area contributed by atoms with Crippen LogP contribution in [-0.4, -0.2) is 68.2 Å². The fourth-order valence-corrected chi connectivity index (χ4v) is 4.13. The first-order chi connectivity index (χ1) is 15.5. The van der Waals surface area contributed by atoms with Crippen molar-refractivity contribution in [3.05, 3.63) is 57.6 Å². The number of ether oxygens (including phenoxy) is 1. The molecule has 2 saturated heterocycles. The second-order valence-corrected chi connectivity index (χ2v) is 7.73. The minimum Gasteiger partial charge on any atom is -0.399 e. The van der Waals surface area contributed by atoms with E-state index in [0.717, 1.165) is 5.69 Å². The highest BCUT2D eigenvalue weighted by Crippen LogP contribution is 2.29. The molecule has 0 spiro atoms. The smallest absolute Gasteiger partial charge is 0.270 e. The van der Waals surface area contributed by atoms with E-state index in [4.69, 9.17) is 10.5 Å². The number of rotatable bonds is 4. The Morgan fingerprint density at radius 2 is 1.66 bits per heavy atom. The zero-order valence-corrected chi connectivity index (χ0v) is 17.6. The lowest BCUT2D eigenvalue weighted by Gasteiger charge is -2.37. The summed E-state index contributed by atoms with van der Waals surface area (Å²) in [5.41, 5.74) is 8.52. The molecule has 2 aromatic carbocycles. The molecule has 4 rings (SSSR count). The average Bonchev–Trinajstić information content (AvgIpc) is 2.83. The molecular weight excluding hydrogens is 412 g/mol. The SMILES string of the molecule is N#Cc1cc(N)ccc1N1CCN(C(=O)c2cc([N+](=O)[O-])ccc2N2CCOCC2)CC1. The van der Waals surface area contributed by atoms with Gasteiger partial charge in [-0.25, -0.2) is 0 Å². The summed E-state index contributed by atoms with van der Waals surface area (Å²) in [5, 5.41) is 20.8. The maximum Gasteiger partial charge on any atom is 0.270 e. The number of nitro benzene ring substituents is 1. The second kappa shape index (κ2) is 9.11. The number of piperazine rings is 1. The lowest BCUT2D eigenvalue weighted by molar-refractivity contribution is -0.384. The fraction of sp³-hybridized carbons (Fsp3) is 0.364. The van der Waals surface area contributed by atoms with Gasteiger partial charge in [-0.15, -0.1) is 0 Å². The van der Waals surface area contributed by atoms with Crippen LogP contribution in [0.25, 0.3) is 0 Å². The molecule has 2 heterocycles. The normalized spacial score (nSPS) is 16.5. The Morgan fingerprint density at radius 1 is 1.00 bits per heavy atom. The van der Waals surface area contributed by atoms with Crippen LogP contribution in [0.1, 0.15) is 15.9 Å². The molecule has 0 bridgehead atoms. The van der Waals surface area contributed by atoms with Gasteiger partial charge in [0, 0.05) is 57.1 Å². The van der Waals surface area contributed by atoms with E-state index in [2.05, 4.69) is 11.0 Å². The molecular formula is C22H24N6O4. The number of morpholine rings is 1. The van der Waals surface area contributed by atoms with Crippen LogP contribution in [0, 0.1) is 21.4 Å². The largest absolute Gasteiger partial charge is 0.399 e. The monoisotopic (exact) mass is 436 g/mol. The molecule has 166 valence electrons. The van der Waals surface area contributed by atoms with Gasteiger partial charge in [-0.05, 0) is 24.3 Å². The number of carbonyl (C=O) groups is 1. The van der Waals surface area contributed by atoms with Crippen molar-refractivity contribution < 1.29 is 14.5 Å². The summed E-state index contributed by atoms with van der Waals surface area (Å²) in [6, 6.07) is 11.8.